The maximum atomic E-state index is 8.44. The Labute approximate surface area is 91.0 Å². The lowest BCUT2D eigenvalue weighted by Crippen LogP contribution is -1.84. The van der Waals surface area contributed by atoms with Crippen LogP contribution >= 0.6 is 0 Å². The summed E-state index contributed by atoms with van der Waals surface area (Å²) in [7, 11) is -1.42. The van der Waals surface area contributed by atoms with Crippen molar-refractivity contribution in [3.63, 3.8) is 0 Å². The smallest absolute Gasteiger partial charge is 0.425 e. The van der Waals surface area contributed by atoms with Gasteiger partial charge in [-0.25, -0.2) is 0 Å². The van der Waals surface area contributed by atoms with Crippen LogP contribution in [0.25, 0.3) is 0 Å². The van der Waals surface area contributed by atoms with Crippen LogP contribution in [0.4, 0.5) is 0 Å². The molecule has 0 amide bonds. The predicted octanol–water partition coefficient (Wildman–Crippen LogP) is 1.64. The van der Waals surface area contributed by atoms with Gasteiger partial charge in [0.15, 0.2) is 0 Å². The molecule has 0 aliphatic carbocycles. The van der Waals surface area contributed by atoms with E-state index in [0.717, 1.165) is 12.2 Å². The van der Waals surface area contributed by atoms with Crippen molar-refractivity contribution in [3.05, 3.63) is 29.8 Å². The molecule has 0 aliphatic rings. The SMILES string of the molecule is CCCc1ccc(OC)cc1.O=S(=O)=O. The van der Waals surface area contributed by atoms with E-state index >= 15 is 0 Å². The third-order valence-corrected chi connectivity index (χ3v) is 1.70. The zero-order chi connectivity index (χ0) is 11.7. The van der Waals surface area contributed by atoms with Gasteiger partial charge in [-0.05, 0) is 24.1 Å². The molecule has 0 spiro atoms. The summed E-state index contributed by atoms with van der Waals surface area (Å²) in [6.45, 7) is 2.18. The first-order chi connectivity index (χ1) is 7.10. The standard InChI is InChI=1S/C10H14O.O3S/c1-3-4-9-5-7-10(11-2)8-6-9;1-4(2)3/h5-8H,3-4H2,1-2H3;. The molecule has 1 aromatic rings. The van der Waals surface area contributed by atoms with E-state index in [9.17, 15) is 0 Å². The van der Waals surface area contributed by atoms with E-state index < -0.39 is 10.6 Å². The summed E-state index contributed by atoms with van der Waals surface area (Å²) in [4.78, 5) is 0. The molecule has 1 aromatic carbocycles. The molecule has 0 atom stereocenters. The van der Waals surface area contributed by atoms with Gasteiger partial charge in [-0.3, -0.25) is 0 Å². The molecule has 0 heterocycles. The second-order valence-electron chi connectivity index (χ2n) is 2.80. The molecule has 0 radical (unpaired) electrons. The van der Waals surface area contributed by atoms with E-state index in [1.54, 1.807) is 7.11 Å². The van der Waals surface area contributed by atoms with Gasteiger partial charge in [0.1, 0.15) is 5.75 Å². The fourth-order valence-electron chi connectivity index (χ4n) is 1.08. The monoisotopic (exact) mass is 230 g/mol. The van der Waals surface area contributed by atoms with Crippen molar-refractivity contribution in [1.82, 2.24) is 0 Å². The lowest BCUT2D eigenvalue weighted by Gasteiger charge is -2.00. The zero-order valence-corrected chi connectivity index (χ0v) is 9.58. The highest BCUT2D eigenvalue weighted by Crippen LogP contribution is 2.11. The molecule has 5 heteroatoms. The number of ether oxygens (including phenoxy) is 1. The second-order valence-corrected chi connectivity index (χ2v) is 3.21. The number of aryl methyl sites for hydroxylation is 1. The molecule has 84 valence electrons. The Bertz CT molecular complexity index is 359. The van der Waals surface area contributed by atoms with E-state index in [2.05, 4.69) is 19.1 Å². The third kappa shape index (κ3) is 7.69. The van der Waals surface area contributed by atoms with Crippen LogP contribution in [0.5, 0.6) is 5.75 Å². The summed E-state index contributed by atoms with van der Waals surface area (Å²) >= 11 is 0. The molecule has 0 saturated heterocycles. The predicted molar refractivity (Wildman–Crippen MR) is 56.7 cm³/mol. The molecule has 1 rings (SSSR count). The summed E-state index contributed by atoms with van der Waals surface area (Å²) in [5, 5.41) is 0. The Balaban J connectivity index is 0.000000423. The number of methoxy groups -OCH3 is 1. The van der Waals surface area contributed by atoms with Crippen LogP contribution in [0, 0.1) is 0 Å². The molecule has 0 unspecified atom stereocenters. The van der Waals surface area contributed by atoms with E-state index in [4.69, 9.17) is 17.4 Å². The van der Waals surface area contributed by atoms with Gasteiger partial charge in [-0.15, -0.1) is 12.6 Å². The topological polar surface area (TPSA) is 60.4 Å². The van der Waals surface area contributed by atoms with Crippen molar-refractivity contribution in [1.29, 1.82) is 0 Å². The van der Waals surface area contributed by atoms with Crippen LogP contribution < -0.4 is 4.74 Å². The van der Waals surface area contributed by atoms with Gasteiger partial charge in [-0.2, -0.15) is 0 Å². The maximum Gasteiger partial charge on any atom is 0.425 e. The first-order valence-electron chi connectivity index (χ1n) is 4.49. The molecule has 0 aromatic heterocycles. The fourth-order valence-corrected chi connectivity index (χ4v) is 1.08. The molecule has 0 N–H and O–H groups in total. The second kappa shape index (κ2) is 7.99. The van der Waals surface area contributed by atoms with Crippen molar-refractivity contribution in [2.24, 2.45) is 0 Å². The number of hydrogen-bond acceptors (Lipinski definition) is 4. The van der Waals surface area contributed by atoms with Crippen molar-refractivity contribution in [2.45, 2.75) is 19.8 Å². The van der Waals surface area contributed by atoms with Crippen LogP contribution in [-0.2, 0) is 17.0 Å². The quantitative estimate of drug-likeness (QED) is 0.792. The summed E-state index contributed by atoms with van der Waals surface area (Å²) < 4.78 is 30.4. The van der Waals surface area contributed by atoms with Crippen LogP contribution in [0.2, 0.25) is 0 Å². The Morgan fingerprint density at radius 1 is 1.13 bits per heavy atom. The average Bonchev–Trinajstić information content (AvgIpc) is 2.19. The minimum atomic E-state index is -3.11. The first kappa shape index (κ1) is 13.6. The highest BCUT2D eigenvalue weighted by atomic mass is 32.2. The highest BCUT2D eigenvalue weighted by molar-refractivity contribution is 7.59. The fraction of sp³-hybridized carbons (Fsp3) is 0.400. The maximum absolute atomic E-state index is 8.44. The van der Waals surface area contributed by atoms with Crippen LogP contribution in [0.3, 0.4) is 0 Å². The van der Waals surface area contributed by atoms with E-state index in [0.29, 0.717) is 0 Å². The Kier molecular flexibility index (Phi) is 7.27. The third-order valence-electron chi connectivity index (χ3n) is 1.70. The summed E-state index contributed by atoms with van der Waals surface area (Å²) in [6.07, 6.45) is 2.36. The van der Waals surface area contributed by atoms with Gasteiger partial charge in [0.2, 0.25) is 0 Å². The molecular weight excluding hydrogens is 216 g/mol. The van der Waals surface area contributed by atoms with E-state index in [-0.39, 0.29) is 0 Å². The van der Waals surface area contributed by atoms with Crippen LogP contribution in [0.1, 0.15) is 18.9 Å². The normalized spacial score (nSPS) is 8.67. The van der Waals surface area contributed by atoms with Crippen molar-refractivity contribution in [2.75, 3.05) is 7.11 Å². The Morgan fingerprint density at radius 2 is 1.60 bits per heavy atom. The lowest BCUT2D eigenvalue weighted by atomic mass is 10.1. The Hall–Kier alpha value is -1.36. The highest BCUT2D eigenvalue weighted by Gasteiger charge is 1.91. The largest absolute Gasteiger partial charge is 0.497 e. The number of hydrogen-bond donors (Lipinski definition) is 0. The van der Waals surface area contributed by atoms with Gasteiger partial charge in [0.25, 0.3) is 0 Å². The summed E-state index contributed by atoms with van der Waals surface area (Å²) in [5.41, 5.74) is 1.38. The molecule has 0 bridgehead atoms. The molecular formula is C10H14O4S. The molecule has 4 nitrogen and oxygen atoms in total. The number of benzene rings is 1. The summed E-state index contributed by atoms with van der Waals surface area (Å²) in [5.74, 6) is 0.935. The van der Waals surface area contributed by atoms with Gasteiger partial charge in [0.05, 0.1) is 7.11 Å². The Morgan fingerprint density at radius 3 is 1.93 bits per heavy atom. The minimum Gasteiger partial charge on any atom is -0.497 e. The van der Waals surface area contributed by atoms with Gasteiger partial charge in [0, 0.05) is 0 Å². The molecule has 15 heavy (non-hydrogen) atoms. The average molecular weight is 230 g/mol. The van der Waals surface area contributed by atoms with Crippen molar-refractivity contribution in [3.8, 4) is 5.75 Å². The lowest BCUT2D eigenvalue weighted by molar-refractivity contribution is 0.414. The van der Waals surface area contributed by atoms with Crippen molar-refractivity contribution < 1.29 is 17.4 Å². The first-order valence-corrected chi connectivity index (χ1v) is 5.49. The van der Waals surface area contributed by atoms with Crippen LogP contribution in [0.15, 0.2) is 24.3 Å². The minimum absolute atomic E-state index is 0.935. The van der Waals surface area contributed by atoms with Gasteiger partial charge < -0.3 is 4.74 Å². The van der Waals surface area contributed by atoms with Gasteiger partial charge in [-0.1, -0.05) is 25.5 Å². The van der Waals surface area contributed by atoms with E-state index in [1.165, 1.54) is 12.0 Å². The molecule has 0 aliphatic heterocycles. The van der Waals surface area contributed by atoms with Crippen LogP contribution in [-0.4, -0.2) is 19.7 Å². The van der Waals surface area contributed by atoms with Gasteiger partial charge >= 0.3 is 10.6 Å². The number of rotatable bonds is 3. The molecule has 0 saturated carbocycles. The van der Waals surface area contributed by atoms with E-state index in [1.807, 2.05) is 12.1 Å². The zero-order valence-electron chi connectivity index (χ0n) is 8.76. The van der Waals surface area contributed by atoms with Crippen molar-refractivity contribution >= 4 is 10.6 Å². The molecule has 0 fully saturated rings. The summed E-state index contributed by atoms with van der Waals surface area (Å²) in [6, 6.07) is 8.24.